The lowest BCUT2D eigenvalue weighted by molar-refractivity contribution is 0.0602. The van der Waals surface area contributed by atoms with Gasteiger partial charge in [-0.05, 0) is 68.9 Å². The van der Waals surface area contributed by atoms with Gasteiger partial charge in [-0.1, -0.05) is 12.1 Å². The van der Waals surface area contributed by atoms with Gasteiger partial charge in [-0.3, -0.25) is 4.79 Å². The van der Waals surface area contributed by atoms with Gasteiger partial charge in [-0.25, -0.2) is 4.79 Å². The van der Waals surface area contributed by atoms with Crippen molar-refractivity contribution in [3.63, 3.8) is 0 Å². The quantitative estimate of drug-likeness (QED) is 0.555. The molecule has 1 N–H and O–H groups in total. The van der Waals surface area contributed by atoms with Crippen LogP contribution in [0.25, 0.3) is 0 Å². The molecule has 0 fully saturated rings. The molecule has 0 spiro atoms. The van der Waals surface area contributed by atoms with Gasteiger partial charge >= 0.3 is 5.97 Å². The van der Waals surface area contributed by atoms with Crippen molar-refractivity contribution in [1.82, 2.24) is 0 Å². The summed E-state index contributed by atoms with van der Waals surface area (Å²) in [5.41, 5.74) is 1.23. The van der Waals surface area contributed by atoms with Crippen LogP contribution in [-0.2, 0) is 4.74 Å². The van der Waals surface area contributed by atoms with E-state index >= 15 is 0 Å². The number of carbonyl (C=O) groups excluding carboxylic acids is 2. The van der Waals surface area contributed by atoms with E-state index < -0.39 is 5.97 Å². The number of benzene rings is 2. The van der Waals surface area contributed by atoms with Gasteiger partial charge in [0.2, 0.25) is 0 Å². The van der Waals surface area contributed by atoms with Crippen LogP contribution in [0.1, 0.15) is 20.7 Å². The highest BCUT2D eigenvalue weighted by Crippen LogP contribution is 2.22. The molecule has 0 aliphatic carbocycles. The molecule has 2 aromatic carbocycles. The Labute approximate surface area is 144 Å². The van der Waals surface area contributed by atoms with Gasteiger partial charge in [-0.2, -0.15) is 0 Å². The molecule has 21 heavy (non-hydrogen) atoms. The minimum atomic E-state index is -0.493. The van der Waals surface area contributed by atoms with Crippen LogP contribution in [0.5, 0.6) is 0 Å². The summed E-state index contributed by atoms with van der Waals surface area (Å²) < 4.78 is 6.34. The zero-order valence-corrected chi connectivity index (χ0v) is 14.8. The zero-order chi connectivity index (χ0) is 15.4. The number of hydrogen-bond donors (Lipinski definition) is 1. The van der Waals surface area contributed by atoms with Crippen molar-refractivity contribution in [1.29, 1.82) is 0 Å². The third-order valence-corrected chi connectivity index (χ3v) is 4.12. The fourth-order valence-corrected chi connectivity index (χ4v) is 2.66. The first-order valence-corrected chi connectivity index (χ1v) is 7.84. The minimum absolute atomic E-state index is 0.295. The van der Waals surface area contributed by atoms with Gasteiger partial charge < -0.3 is 10.1 Å². The second-order valence-electron chi connectivity index (χ2n) is 4.12. The minimum Gasteiger partial charge on any atom is -0.465 e. The number of nitrogens with one attached hydrogen (secondary N) is 1. The fourth-order valence-electron chi connectivity index (χ4n) is 1.74. The molecule has 0 saturated carbocycles. The van der Waals surface area contributed by atoms with Gasteiger partial charge in [0.25, 0.3) is 5.91 Å². The van der Waals surface area contributed by atoms with Crippen molar-refractivity contribution in [3.05, 3.63) is 61.6 Å². The molecular weight excluding hydrogens is 449 g/mol. The number of hydrogen-bond acceptors (Lipinski definition) is 3. The molecule has 2 aromatic rings. The summed E-state index contributed by atoms with van der Waals surface area (Å²) in [6.07, 6.45) is 0. The average Bonchev–Trinajstić information content (AvgIpc) is 2.49. The van der Waals surface area contributed by atoms with Crippen LogP contribution in [0, 0.1) is 3.57 Å². The molecule has 0 saturated heterocycles. The van der Waals surface area contributed by atoms with Crippen LogP contribution in [0.3, 0.4) is 0 Å². The lowest BCUT2D eigenvalue weighted by Crippen LogP contribution is -2.16. The molecule has 108 valence electrons. The first kappa shape index (κ1) is 16.0. The van der Waals surface area contributed by atoms with Crippen molar-refractivity contribution in [3.8, 4) is 0 Å². The molecule has 0 bridgehead atoms. The maximum Gasteiger partial charge on any atom is 0.339 e. The summed E-state index contributed by atoms with van der Waals surface area (Å²) in [6.45, 7) is 0. The molecule has 0 radical (unpaired) electrons. The number of para-hydroxylation sites is 1. The summed E-state index contributed by atoms with van der Waals surface area (Å²) in [7, 11) is 1.30. The Kier molecular flexibility index (Phi) is 5.35. The molecule has 0 aliphatic heterocycles. The molecule has 0 aromatic heterocycles. The second kappa shape index (κ2) is 7.04. The van der Waals surface area contributed by atoms with Gasteiger partial charge in [0.15, 0.2) is 0 Å². The van der Waals surface area contributed by atoms with Crippen LogP contribution >= 0.6 is 38.5 Å². The number of amides is 1. The predicted octanol–water partition coefficient (Wildman–Crippen LogP) is 4.09. The number of rotatable bonds is 3. The lowest BCUT2D eigenvalue weighted by Gasteiger charge is -2.10. The summed E-state index contributed by atoms with van der Waals surface area (Å²) in [4.78, 5) is 24.0. The number of halogens is 2. The number of ether oxygens (including phenoxy) is 1. The van der Waals surface area contributed by atoms with Gasteiger partial charge in [-0.15, -0.1) is 0 Å². The number of carbonyl (C=O) groups is 2. The van der Waals surface area contributed by atoms with E-state index in [-0.39, 0.29) is 5.91 Å². The third kappa shape index (κ3) is 3.82. The van der Waals surface area contributed by atoms with Gasteiger partial charge in [0.1, 0.15) is 0 Å². The van der Waals surface area contributed by atoms with Crippen LogP contribution < -0.4 is 5.32 Å². The highest BCUT2D eigenvalue weighted by molar-refractivity contribution is 14.1. The molecule has 0 unspecified atom stereocenters. The van der Waals surface area contributed by atoms with Crippen LogP contribution in [0.15, 0.2) is 46.9 Å². The number of methoxy groups -OCH3 is 1. The molecule has 4 nitrogen and oxygen atoms in total. The SMILES string of the molecule is COC(=O)c1ccccc1NC(=O)c1cc(I)ccc1Br. The van der Waals surface area contributed by atoms with E-state index in [9.17, 15) is 9.59 Å². The van der Waals surface area contributed by atoms with E-state index in [0.717, 1.165) is 3.57 Å². The maximum absolute atomic E-state index is 12.4. The number of esters is 1. The fraction of sp³-hybridized carbons (Fsp3) is 0.0667. The monoisotopic (exact) mass is 459 g/mol. The topological polar surface area (TPSA) is 55.4 Å². The Morgan fingerprint density at radius 3 is 2.57 bits per heavy atom. The van der Waals surface area contributed by atoms with E-state index in [1.54, 1.807) is 30.3 Å². The van der Waals surface area contributed by atoms with Crippen LogP contribution in [0.4, 0.5) is 5.69 Å². The van der Waals surface area contributed by atoms with Crippen LogP contribution in [0.2, 0.25) is 0 Å². The first-order chi connectivity index (χ1) is 10.0. The Morgan fingerprint density at radius 2 is 1.86 bits per heavy atom. The summed E-state index contributed by atoms with van der Waals surface area (Å²) in [5.74, 6) is -0.788. The number of anilines is 1. The van der Waals surface area contributed by atoms with E-state index in [0.29, 0.717) is 21.3 Å². The van der Waals surface area contributed by atoms with Crippen molar-refractivity contribution in [2.45, 2.75) is 0 Å². The smallest absolute Gasteiger partial charge is 0.339 e. The molecule has 2 rings (SSSR count). The van der Waals surface area contributed by atoms with E-state index in [2.05, 4.69) is 43.8 Å². The Hall–Kier alpha value is -1.41. The molecule has 1 amide bonds. The first-order valence-electron chi connectivity index (χ1n) is 5.96. The van der Waals surface area contributed by atoms with Crippen LogP contribution in [-0.4, -0.2) is 19.0 Å². The van der Waals surface area contributed by atoms with Crippen molar-refractivity contribution < 1.29 is 14.3 Å². The zero-order valence-electron chi connectivity index (χ0n) is 11.0. The average molecular weight is 460 g/mol. The standard InChI is InChI=1S/C15H11BrINO3/c1-21-15(20)10-4-2-3-5-13(10)18-14(19)11-8-9(17)6-7-12(11)16/h2-8H,1H3,(H,18,19). The molecule has 6 heteroatoms. The Bertz CT molecular complexity index is 703. The molecule has 0 aliphatic rings. The maximum atomic E-state index is 12.4. The molecular formula is C15H11BrINO3. The largest absolute Gasteiger partial charge is 0.465 e. The van der Waals surface area contributed by atoms with Gasteiger partial charge in [0.05, 0.1) is 23.9 Å². The third-order valence-electron chi connectivity index (χ3n) is 2.75. The summed E-state index contributed by atoms with van der Waals surface area (Å²) >= 11 is 5.48. The molecule has 0 atom stereocenters. The van der Waals surface area contributed by atoms with Crippen molar-refractivity contribution in [2.24, 2.45) is 0 Å². The van der Waals surface area contributed by atoms with E-state index in [1.165, 1.54) is 7.11 Å². The Balaban J connectivity index is 2.32. The summed E-state index contributed by atoms with van der Waals surface area (Å²) in [5, 5.41) is 2.74. The normalized spacial score (nSPS) is 10.0. The van der Waals surface area contributed by atoms with Gasteiger partial charge in [0, 0.05) is 8.04 Å². The second-order valence-corrected chi connectivity index (χ2v) is 6.22. The summed E-state index contributed by atoms with van der Waals surface area (Å²) in [6, 6.07) is 12.2. The van der Waals surface area contributed by atoms with Crippen molar-refractivity contribution in [2.75, 3.05) is 12.4 Å². The van der Waals surface area contributed by atoms with E-state index in [4.69, 9.17) is 4.74 Å². The Morgan fingerprint density at radius 1 is 1.14 bits per heavy atom. The highest BCUT2D eigenvalue weighted by Gasteiger charge is 2.16. The lowest BCUT2D eigenvalue weighted by atomic mass is 10.1. The highest BCUT2D eigenvalue weighted by atomic mass is 127. The predicted molar refractivity (Wildman–Crippen MR) is 92.6 cm³/mol. The van der Waals surface area contributed by atoms with Crippen molar-refractivity contribution >= 4 is 56.1 Å². The molecule has 0 heterocycles. The van der Waals surface area contributed by atoms with E-state index in [1.807, 2.05) is 12.1 Å².